The van der Waals surface area contributed by atoms with E-state index in [2.05, 4.69) is 39.6 Å². The number of esters is 2. The Morgan fingerprint density at radius 1 is 0.849 bits per heavy atom. The van der Waals surface area contributed by atoms with E-state index in [0.29, 0.717) is 19.3 Å². The molecule has 10 atom stereocenters. The van der Waals surface area contributed by atoms with Crippen LogP contribution < -0.4 is 0 Å². The highest BCUT2D eigenvalue weighted by atomic mass is 16.5. The minimum absolute atomic E-state index is 0.0214. The standard InChI is InChI=1S/C46H57NO6/c1-8-37(50)52-36-20-21-43(4)35(46(36,7)47-29-48)19-22-45(6)39(43)34(49)27-32-33-28-42(3,24-23-41(33,2)25-26-44(32,45)5)40(51)53-38(30-15-11-9-12-16-30)31-17-13-10-14-18-31/h9-18,27,33,35-36,38-39H,8,19-26,28H2,1-7H3/t33-,35+,36-,39+,41+,42-,43-,44+,45+,46-/m0/s1. The summed E-state index contributed by atoms with van der Waals surface area (Å²) in [6.45, 7) is 15.1. The fraction of sp³-hybridized carbons (Fsp3) is 0.609. The van der Waals surface area contributed by atoms with Crippen molar-refractivity contribution in [3.05, 3.63) is 83.4 Å². The molecule has 7 rings (SSSR count). The Morgan fingerprint density at radius 3 is 2.08 bits per heavy atom. The van der Waals surface area contributed by atoms with E-state index in [-0.39, 0.29) is 58.1 Å². The Labute approximate surface area is 315 Å². The molecule has 0 spiro atoms. The lowest BCUT2D eigenvalue weighted by molar-refractivity contribution is -0.197. The molecule has 7 heteroatoms. The van der Waals surface area contributed by atoms with E-state index in [0.717, 1.165) is 49.7 Å². The lowest BCUT2D eigenvalue weighted by atomic mass is 9.34. The van der Waals surface area contributed by atoms with Gasteiger partial charge in [0.25, 0.3) is 0 Å². The highest BCUT2D eigenvalue weighted by molar-refractivity contribution is 5.96. The van der Waals surface area contributed by atoms with Crippen molar-refractivity contribution in [1.29, 1.82) is 0 Å². The molecule has 0 aromatic heterocycles. The first-order chi connectivity index (χ1) is 25.1. The quantitative estimate of drug-likeness (QED) is 0.161. The van der Waals surface area contributed by atoms with E-state index in [4.69, 9.17) is 9.47 Å². The van der Waals surface area contributed by atoms with Gasteiger partial charge in [-0.3, -0.25) is 14.4 Å². The summed E-state index contributed by atoms with van der Waals surface area (Å²) in [4.78, 5) is 58.3. The molecule has 0 radical (unpaired) electrons. The van der Waals surface area contributed by atoms with Crippen molar-refractivity contribution in [1.82, 2.24) is 0 Å². The number of rotatable bonds is 7. The van der Waals surface area contributed by atoms with Crippen molar-refractivity contribution < 1.29 is 28.7 Å². The Bertz CT molecular complexity index is 1810. The fourth-order valence-corrected chi connectivity index (χ4v) is 12.5. The molecule has 4 saturated carbocycles. The normalized spacial score (nSPS) is 40.3. The van der Waals surface area contributed by atoms with Crippen LogP contribution in [0.4, 0.5) is 0 Å². The van der Waals surface area contributed by atoms with Gasteiger partial charge in [-0.15, -0.1) is 0 Å². The van der Waals surface area contributed by atoms with Crippen LogP contribution in [-0.2, 0) is 28.7 Å². The molecule has 0 amide bonds. The van der Waals surface area contributed by atoms with Crippen LogP contribution in [0.5, 0.6) is 0 Å². The predicted molar refractivity (Wildman–Crippen MR) is 203 cm³/mol. The van der Waals surface area contributed by atoms with Gasteiger partial charge in [0.15, 0.2) is 11.9 Å². The number of ether oxygens (including phenoxy) is 2. The highest BCUT2D eigenvalue weighted by Crippen LogP contribution is 2.74. The van der Waals surface area contributed by atoms with Gasteiger partial charge in [-0.2, -0.15) is 4.99 Å². The summed E-state index contributed by atoms with van der Waals surface area (Å²) in [7, 11) is 0. The van der Waals surface area contributed by atoms with Gasteiger partial charge < -0.3 is 9.47 Å². The monoisotopic (exact) mass is 719 g/mol. The molecule has 4 fully saturated rings. The average molecular weight is 720 g/mol. The van der Waals surface area contributed by atoms with Gasteiger partial charge >= 0.3 is 11.9 Å². The maximum atomic E-state index is 14.9. The van der Waals surface area contributed by atoms with Crippen LogP contribution in [0.2, 0.25) is 0 Å². The van der Waals surface area contributed by atoms with Crippen molar-refractivity contribution in [2.45, 2.75) is 130 Å². The Morgan fingerprint density at radius 2 is 1.47 bits per heavy atom. The maximum absolute atomic E-state index is 14.9. The van der Waals surface area contributed by atoms with Crippen LogP contribution in [0.3, 0.4) is 0 Å². The van der Waals surface area contributed by atoms with Crippen LogP contribution in [-0.4, -0.2) is 35.4 Å². The molecule has 5 aliphatic rings. The summed E-state index contributed by atoms with van der Waals surface area (Å²) >= 11 is 0. The molecule has 0 N–H and O–H groups in total. The minimum atomic E-state index is -0.958. The lowest BCUT2D eigenvalue weighted by Gasteiger charge is -2.70. The zero-order chi connectivity index (χ0) is 38.0. The second kappa shape index (κ2) is 13.2. The van der Waals surface area contributed by atoms with E-state index in [9.17, 15) is 19.2 Å². The molecule has 0 aliphatic heterocycles. The second-order valence-corrected chi connectivity index (χ2v) is 18.7. The summed E-state index contributed by atoms with van der Waals surface area (Å²) in [5, 5.41) is 0. The van der Waals surface area contributed by atoms with Gasteiger partial charge in [-0.25, -0.2) is 4.79 Å². The molecular weight excluding hydrogens is 663 g/mol. The summed E-state index contributed by atoms with van der Waals surface area (Å²) < 4.78 is 12.5. The van der Waals surface area contributed by atoms with Gasteiger partial charge in [0, 0.05) is 12.3 Å². The van der Waals surface area contributed by atoms with E-state index < -0.39 is 28.6 Å². The van der Waals surface area contributed by atoms with Crippen molar-refractivity contribution >= 4 is 23.8 Å². The third kappa shape index (κ3) is 5.70. The third-order valence-corrected chi connectivity index (χ3v) is 15.9. The van der Waals surface area contributed by atoms with E-state index in [1.165, 1.54) is 5.57 Å². The van der Waals surface area contributed by atoms with Crippen molar-refractivity contribution in [2.24, 2.45) is 49.8 Å². The number of aliphatic imine (C=N–C) groups is 1. The molecule has 2 aromatic rings. The van der Waals surface area contributed by atoms with Gasteiger partial charge in [0.05, 0.1) is 5.41 Å². The first-order valence-corrected chi connectivity index (χ1v) is 19.9. The minimum Gasteiger partial charge on any atom is -0.460 e. The molecule has 0 saturated heterocycles. The zero-order valence-corrected chi connectivity index (χ0v) is 32.7. The van der Waals surface area contributed by atoms with Gasteiger partial charge in [-0.05, 0) is 122 Å². The van der Waals surface area contributed by atoms with Gasteiger partial charge in [0.1, 0.15) is 11.6 Å². The fourth-order valence-electron chi connectivity index (χ4n) is 12.5. The molecule has 53 heavy (non-hydrogen) atoms. The van der Waals surface area contributed by atoms with E-state index >= 15 is 0 Å². The van der Waals surface area contributed by atoms with E-state index in [1.807, 2.05) is 79.7 Å². The van der Waals surface area contributed by atoms with Crippen LogP contribution in [0, 0.1) is 44.8 Å². The molecule has 0 bridgehead atoms. The molecule has 5 aliphatic carbocycles. The summed E-state index contributed by atoms with van der Waals surface area (Å²) in [6, 6.07) is 19.9. The molecule has 0 unspecified atom stereocenters. The molecule has 282 valence electrons. The summed E-state index contributed by atoms with van der Waals surface area (Å²) in [5.74, 6) is -0.649. The predicted octanol–water partition coefficient (Wildman–Crippen LogP) is 9.69. The second-order valence-electron chi connectivity index (χ2n) is 18.7. The summed E-state index contributed by atoms with van der Waals surface area (Å²) in [6.07, 6.45) is 10.2. The SMILES string of the molecule is CCC(=O)O[C@H]1CC[C@@]2(C)[C@@H](CC[C@]3(C)[C@@H]2C(=O)C=C2[C@@H]4C[C@@](C)(C(=O)OC(c5ccccc5)c5ccccc5)CC[C@]4(C)CC[C@]23C)[C@]1(C)N=C=O. The molecule has 7 nitrogen and oxygen atoms in total. The number of benzene rings is 2. The van der Waals surface area contributed by atoms with Crippen LogP contribution in [0.15, 0.2) is 77.3 Å². The average Bonchev–Trinajstić information content (AvgIpc) is 3.14. The number of ketones is 1. The number of hydrogen-bond acceptors (Lipinski definition) is 7. The zero-order valence-electron chi connectivity index (χ0n) is 32.7. The topological polar surface area (TPSA) is 99.1 Å². The molecular formula is C46H57NO6. The smallest absolute Gasteiger partial charge is 0.312 e. The van der Waals surface area contributed by atoms with Crippen molar-refractivity contribution in [3.8, 4) is 0 Å². The number of isocyanates is 1. The number of nitrogens with zero attached hydrogens (tertiary/aromatic N) is 1. The Kier molecular flexibility index (Phi) is 9.32. The van der Waals surface area contributed by atoms with Gasteiger partial charge in [-0.1, -0.05) is 101 Å². The highest BCUT2D eigenvalue weighted by Gasteiger charge is 2.71. The van der Waals surface area contributed by atoms with Crippen molar-refractivity contribution in [2.75, 3.05) is 0 Å². The number of carbonyl (C=O) groups is 3. The van der Waals surface area contributed by atoms with E-state index in [1.54, 1.807) is 6.92 Å². The van der Waals surface area contributed by atoms with Gasteiger partial charge in [0.2, 0.25) is 6.08 Å². The number of allylic oxidation sites excluding steroid dienone is 2. The first kappa shape index (κ1) is 37.5. The number of fused-ring (bicyclic) bond motifs is 7. The number of carbonyl (C=O) groups excluding carboxylic acids is 4. The molecule has 0 heterocycles. The third-order valence-electron chi connectivity index (χ3n) is 15.9. The first-order valence-electron chi connectivity index (χ1n) is 19.9. The van der Waals surface area contributed by atoms with Crippen LogP contribution >= 0.6 is 0 Å². The Balaban J connectivity index is 1.22. The largest absolute Gasteiger partial charge is 0.460 e. The van der Waals surface area contributed by atoms with Crippen molar-refractivity contribution in [3.63, 3.8) is 0 Å². The lowest BCUT2D eigenvalue weighted by Crippen LogP contribution is -2.68. The number of hydrogen-bond donors (Lipinski definition) is 0. The maximum Gasteiger partial charge on any atom is 0.312 e. The van der Waals surface area contributed by atoms with Crippen LogP contribution in [0.25, 0.3) is 0 Å². The van der Waals surface area contributed by atoms with Crippen LogP contribution in [0.1, 0.15) is 130 Å². The molecule has 2 aromatic carbocycles. The summed E-state index contributed by atoms with van der Waals surface area (Å²) in [5.41, 5.74) is 0.380. The Hall–Kier alpha value is -3.83.